The molecule has 0 unspecified atom stereocenters. The zero-order valence-electron chi connectivity index (χ0n) is 16.0. The van der Waals surface area contributed by atoms with Crippen LogP contribution in [0.2, 0.25) is 0 Å². The molecule has 1 fully saturated rings. The third kappa shape index (κ3) is 3.50. The van der Waals surface area contributed by atoms with Crippen molar-refractivity contribution >= 4 is 5.91 Å². The van der Waals surface area contributed by atoms with Gasteiger partial charge in [0.2, 0.25) is 0 Å². The van der Waals surface area contributed by atoms with Gasteiger partial charge >= 0.3 is 0 Å². The van der Waals surface area contributed by atoms with Crippen LogP contribution in [-0.4, -0.2) is 47.2 Å². The van der Waals surface area contributed by atoms with Crippen molar-refractivity contribution in [2.45, 2.75) is 39.2 Å². The Bertz CT molecular complexity index is 840. The van der Waals surface area contributed by atoms with Crippen LogP contribution in [0.15, 0.2) is 24.3 Å². The number of aromatic nitrogens is 2. The van der Waals surface area contributed by atoms with E-state index in [0.29, 0.717) is 25.5 Å². The lowest BCUT2D eigenvalue weighted by Crippen LogP contribution is -2.49. The highest BCUT2D eigenvalue weighted by molar-refractivity contribution is 5.94. The third-order valence-corrected chi connectivity index (χ3v) is 5.54. The van der Waals surface area contributed by atoms with Crippen LogP contribution in [0.3, 0.4) is 0 Å². The third-order valence-electron chi connectivity index (χ3n) is 5.54. The van der Waals surface area contributed by atoms with Gasteiger partial charge < -0.3 is 14.2 Å². The van der Waals surface area contributed by atoms with Gasteiger partial charge in [-0.25, -0.2) is 9.37 Å². The van der Waals surface area contributed by atoms with Crippen molar-refractivity contribution in [2.24, 2.45) is 5.41 Å². The molecule has 6 heteroatoms. The van der Waals surface area contributed by atoms with E-state index in [1.165, 1.54) is 12.1 Å². The lowest BCUT2D eigenvalue weighted by atomic mass is 9.88. The van der Waals surface area contributed by atoms with E-state index in [2.05, 4.69) is 11.5 Å². The molecule has 144 valence electrons. The van der Waals surface area contributed by atoms with Gasteiger partial charge in [0.05, 0.1) is 18.9 Å². The van der Waals surface area contributed by atoms with Crippen LogP contribution in [0.25, 0.3) is 11.4 Å². The lowest BCUT2D eigenvalue weighted by molar-refractivity contribution is -0.109. The highest BCUT2D eigenvalue weighted by Crippen LogP contribution is 2.30. The second-order valence-electron chi connectivity index (χ2n) is 8.16. The van der Waals surface area contributed by atoms with Crippen molar-refractivity contribution in [1.29, 1.82) is 0 Å². The molecule has 0 saturated carbocycles. The Labute approximate surface area is 159 Å². The number of imidazole rings is 1. The van der Waals surface area contributed by atoms with Gasteiger partial charge in [-0.2, -0.15) is 0 Å². The standard InChI is InChI=1S/C21H26FN3O2/c1-21(13-27-14-21)12-24(2)20(26)18-17-6-4-3-5-11-25(17)19(23-18)15-7-9-16(22)10-8-15/h7-10H,3-6,11-14H2,1-2H3. The Morgan fingerprint density at radius 1 is 1.26 bits per heavy atom. The summed E-state index contributed by atoms with van der Waals surface area (Å²) < 4.78 is 20.8. The Morgan fingerprint density at radius 3 is 2.67 bits per heavy atom. The van der Waals surface area contributed by atoms with E-state index < -0.39 is 0 Å². The average molecular weight is 371 g/mol. The summed E-state index contributed by atoms with van der Waals surface area (Å²) in [6.07, 6.45) is 4.12. The zero-order chi connectivity index (χ0) is 19.0. The molecule has 1 aromatic carbocycles. The molecule has 2 aromatic rings. The Kier molecular flexibility index (Phi) is 4.76. The largest absolute Gasteiger partial charge is 0.380 e. The van der Waals surface area contributed by atoms with Gasteiger partial charge in [-0.05, 0) is 43.5 Å². The SMILES string of the molecule is CN(CC1(C)COC1)C(=O)c1nc(-c2ccc(F)cc2)n2c1CCCCC2. The maximum Gasteiger partial charge on any atom is 0.274 e. The molecule has 4 rings (SSSR count). The molecule has 1 amide bonds. The Balaban J connectivity index is 1.69. The molecule has 5 nitrogen and oxygen atoms in total. The summed E-state index contributed by atoms with van der Waals surface area (Å²) in [5.74, 6) is 0.456. The summed E-state index contributed by atoms with van der Waals surface area (Å²) in [7, 11) is 1.84. The predicted octanol–water partition coefficient (Wildman–Crippen LogP) is 3.52. The van der Waals surface area contributed by atoms with E-state index in [1.54, 1.807) is 17.0 Å². The van der Waals surface area contributed by atoms with Gasteiger partial charge in [0.15, 0.2) is 0 Å². The molecular formula is C21H26FN3O2. The van der Waals surface area contributed by atoms with Crippen molar-refractivity contribution in [3.05, 3.63) is 41.5 Å². The molecule has 3 heterocycles. The van der Waals surface area contributed by atoms with Gasteiger partial charge in [-0.3, -0.25) is 4.79 Å². The molecule has 27 heavy (non-hydrogen) atoms. The van der Waals surface area contributed by atoms with Crippen molar-refractivity contribution in [2.75, 3.05) is 26.8 Å². The van der Waals surface area contributed by atoms with Gasteiger partial charge in [0, 0.05) is 31.1 Å². The van der Waals surface area contributed by atoms with Gasteiger partial charge in [-0.1, -0.05) is 13.3 Å². The first-order chi connectivity index (χ1) is 13.0. The number of hydrogen-bond acceptors (Lipinski definition) is 3. The molecule has 2 aliphatic heterocycles. The normalized spacial score (nSPS) is 18.3. The van der Waals surface area contributed by atoms with Gasteiger partial charge in [0.25, 0.3) is 5.91 Å². The summed E-state index contributed by atoms with van der Waals surface area (Å²) in [6, 6.07) is 6.36. The Morgan fingerprint density at radius 2 is 2.00 bits per heavy atom. The number of fused-ring (bicyclic) bond motifs is 1. The van der Waals surface area contributed by atoms with Crippen molar-refractivity contribution < 1.29 is 13.9 Å². The number of halogens is 1. The highest BCUT2D eigenvalue weighted by Gasteiger charge is 2.36. The van der Waals surface area contributed by atoms with E-state index in [1.807, 2.05) is 7.05 Å². The minimum absolute atomic E-state index is 0.0287. The van der Waals surface area contributed by atoms with Crippen molar-refractivity contribution in [3.63, 3.8) is 0 Å². The predicted molar refractivity (Wildman–Crippen MR) is 101 cm³/mol. The summed E-state index contributed by atoms with van der Waals surface area (Å²) >= 11 is 0. The molecular weight excluding hydrogens is 345 g/mol. The van der Waals surface area contributed by atoms with E-state index in [0.717, 1.165) is 49.3 Å². The minimum Gasteiger partial charge on any atom is -0.380 e. The fourth-order valence-electron chi connectivity index (χ4n) is 4.08. The molecule has 1 saturated heterocycles. The Hall–Kier alpha value is -2.21. The van der Waals surface area contributed by atoms with Crippen LogP contribution in [0.5, 0.6) is 0 Å². The quantitative estimate of drug-likeness (QED) is 0.826. The number of ether oxygens (including phenoxy) is 1. The monoisotopic (exact) mass is 371 g/mol. The van der Waals surface area contributed by atoms with Crippen molar-refractivity contribution in [1.82, 2.24) is 14.5 Å². The van der Waals surface area contributed by atoms with Crippen LogP contribution < -0.4 is 0 Å². The fraction of sp³-hybridized carbons (Fsp3) is 0.524. The summed E-state index contributed by atoms with van der Waals surface area (Å²) in [5.41, 5.74) is 2.43. The fourth-order valence-corrected chi connectivity index (χ4v) is 4.08. The topological polar surface area (TPSA) is 47.4 Å². The maximum absolute atomic E-state index is 13.3. The molecule has 0 aliphatic carbocycles. The summed E-state index contributed by atoms with van der Waals surface area (Å²) in [5, 5.41) is 0. The first kappa shape index (κ1) is 18.2. The van der Waals surface area contributed by atoms with E-state index >= 15 is 0 Å². The van der Waals surface area contributed by atoms with Crippen LogP contribution in [0, 0.1) is 11.2 Å². The maximum atomic E-state index is 13.3. The molecule has 0 atom stereocenters. The second-order valence-corrected chi connectivity index (χ2v) is 8.16. The van der Waals surface area contributed by atoms with E-state index in [-0.39, 0.29) is 17.1 Å². The second kappa shape index (κ2) is 7.08. The van der Waals surface area contributed by atoms with E-state index in [4.69, 9.17) is 9.72 Å². The number of carbonyl (C=O) groups excluding carboxylic acids is 1. The van der Waals surface area contributed by atoms with E-state index in [9.17, 15) is 9.18 Å². The molecule has 2 aliphatic rings. The number of amides is 1. The van der Waals surface area contributed by atoms with Crippen LogP contribution >= 0.6 is 0 Å². The molecule has 0 spiro atoms. The first-order valence-corrected chi connectivity index (χ1v) is 9.65. The van der Waals surface area contributed by atoms with Crippen molar-refractivity contribution in [3.8, 4) is 11.4 Å². The zero-order valence-corrected chi connectivity index (χ0v) is 16.0. The van der Waals surface area contributed by atoms with Gasteiger partial charge in [0.1, 0.15) is 17.3 Å². The van der Waals surface area contributed by atoms with Crippen LogP contribution in [-0.2, 0) is 17.7 Å². The van der Waals surface area contributed by atoms with Gasteiger partial charge in [-0.15, -0.1) is 0 Å². The molecule has 0 N–H and O–H groups in total. The highest BCUT2D eigenvalue weighted by atomic mass is 19.1. The molecule has 0 radical (unpaired) electrons. The number of rotatable bonds is 4. The smallest absolute Gasteiger partial charge is 0.274 e. The summed E-state index contributed by atoms with van der Waals surface area (Å²) in [6.45, 7) is 5.01. The first-order valence-electron chi connectivity index (χ1n) is 9.65. The number of nitrogens with zero attached hydrogens (tertiary/aromatic N) is 3. The minimum atomic E-state index is -0.270. The average Bonchev–Trinajstić information content (AvgIpc) is 2.82. The summed E-state index contributed by atoms with van der Waals surface area (Å²) in [4.78, 5) is 19.7. The number of benzene rings is 1. The molecule has 0 bridgehead atoms. The van der Waals surface area contributed by atoms with Crippen LogP contribution in [0.1, 0.15) is 42.4 Å². The lowest BCUT2D eigenvalue weighted by Gasteiger charge is -2.40. The number of carbonyl (C=O) groups is 1. The number of hydrogen-bond donors (Lipinski definition) is 0. The molecule has 1 aromatic heterocycles. The van der Waals surface area contributed by atoms with Crippen LogP contribution in [0.4, 0.5) is 4.39 Å².